The summed E-state index contributed by atoms with van der Waals surface area (Å²) in [6.45, 7) is 18.5. The Labute approximate surface area is 181 Å². The van der Waals surface area contributed by atoms with E-state index in [-0.39, 0.29) is 12.5 Å². The highest BCUT2D eigenvalue weighted by atomic mass is 16.6. The van der Waals surface area contributed by atoms with E-state index in [1.807, 2.05) is 20.8 Å². The molecule has 30 heavy (non-hydrogen) atoms. The van der Waals surface area contributed by atoms with Crippen molar-refractivity contribution in [3.8, 4) is 0 Å². The highest BCUT2D eigenvalue weighted by Crippen LogP contribution is 2.07. The summed E-state index contributed by atoms with van der Waals surface area (Å²) in [6, 6.07) is 0. The number of carbonyl (C=O) groups is 2. The molecule has 9 heteroatoms. The quantitative estimate of drug-likeness (QED) is 0.491. The predicted octanol–water partition coefficient (Wildman–Crippen LogP) is 0.611. The summed E-state index contributed by atoms with van der Waals surface area (Å²) in [5.41, 5.74) is -0.450. The summed E-state index contributed by atoms with van der Waals surface area (Å²) < 4.78 is 5.25. The van der Waals surface area contributed by atoms with E-state index in [1.165, 1.54) is 0 Å². The minimum atomic E-state index is -0.712. The van der Waals surface area contributed by atoms with Crippen LogP contribution in [0.3, 0.4) is 0 Å². The van der Waals surface area contributed by atoms with Crippen LogP contribution in [0.1, 0.15) is 33.6 Å². The van der Waals surface area contributed by atoms with Gasteiger partial charge < -0.3 is 25.0 Å². The molecule has 9 nitrogen and oxygen atoms in total. The lowest BCUT2D eigenvalue weighted by Gasteiger charge is -2.38. The van der Waals surface area contributed by atoms with E-state index >= 15 is 0 Å². The van der Waals surface area contributed by atoms with Gasteiger partial charge in [-0.2, -0.15) is 0 Å². The van der Waals surface area contributed by atoms with E-state index in [9.17, 15) is 9.59 Å². The molecule has 0 aromatic rings. The van der Waals surface area contributed by atoms with Gasteiger partial charge in [-0.15, -0.1) is 0 Å². The molecule has 0 saturated carbocycles. The molecule has 2 saturated heterocycles. The average molecular weight is 428 g/mol. The van der Waals surface area contributed by atoms with Gasteiger partial charge in [0.2, 0.25) is 0 Å². The summed E-state index contributed by atoms with van der Waals surface area (Å²) in [4.78, 5) is 32.1. The first-order chi connectivity index (χ1) is 14.2. The fourth-order valence-electron chi connectivity index (χ4n) is 3.82. The van der Waals surface area contributed by atoms with Gasteiger partial charge >= 0.3 is 12.1 Å². The monoisotopic (exact) mass is 427 g/mol. The van der Waals surface area contributed by atoms with Crippen LogP contribution in [0.15, 0.2) is 0 Å². The highest BCUT2D eigenvalue weighted by Gasteiger charge is 2.20. The number of piperazine rings is 2. The van der Waals surface area contributed by atoms with Gasteiger partial charge in [-0.05, 0) is 33.7 Å². The molecule has 2 rings (SSSR count). The molecule has 2 heterocycles. The Balaban J connectivity index is 1.48. The molecule has 0 atom stereocenters. The first-order valence-corrected chi connectivity index (χ1v) is 11.3. The van der Waals surface area contributed by atoms with Crippen LogP contribution >= 0.6 is 0 Å². The highest BCUT2D eigenvalue weighted by molar-refractivity contribution is 5.67. The maximum atomic E-state index is 11.6. The van der Waals surface area contributed by atoms with Gasteiger partial charge in [0, 0.05) is 78.5 Å². The van der Waals surface area contributed by atoms with Crippen molar-refractivity contribution in [3.05, 3.63) is 0 Å². The molecule has 0 radical (unpaired) electrons. The molecule has 0 spiro atoms. The van der Waals surface area contributed by atoms with E-state index < -0.39 is 11.6 Å². The number of hydrogen-bond donors (Lipinski definition) is 2. The third-order valence-corrected chi connectivity index (χ3v) is 5.62. The second-order valence-electron chi connectivity index (χ2n) is 9.29. The van der Waals surface area contributed by atoms with Crippen LogP contribution in [0.2, 0.25) is 0 Å². The largest absolute Gasteiger partial charge is 0.481 e. The maximum absolute atomic E-state index is 11.6. The SMILES string of the molecule is CC(C)(C)OC(=O)NCCCN1CCN(CCN2CCN(CCC(=O)O)CC2)CC1. The summed E-state index contributed by atoms with van der Waals surface area (Å²) >= 11 is 0. The van der Waals surface area contributed by atoms with Crippen molar-refractivity contribution in [2.24, 2.45) is 0 Å². The summed E-state index contributed by atoms with van der Waals surface area (Å²) in [7, 11) is 0. The topological polar surface area (TPSA) is 88.6 Å². The van der Waals surface area contributed by atoms with Crippen molar-refractivity contribution in [1.82, 2.24) is 24.9 Å². The average Bonchev–Trinajstić information content (AvgIpc) is 2.68. The predicted molar refractivity (Wildman–Crippen MR) is 117 cm³/mol. The smallest absolute Gasteiger partial charge is 0.407 e. The van der Waals surface area contributed by atoms with Crippen LogP contribution in [0.5, 0.6) is 0 Å². The fourth-order valence-corrected chi connectivity index (χ4v) is 3.82. The minimum absolute atomic E-state index is 0.237. The fraction of sp³-hybridized carbons (Fsp3) is 0.905. The van der Waals surface area contributed by atoms with Crippen LogP contribution in [-0.4, -0.2) is 127 Å². The Morgan fingerprint density at radius 3 is 1.67 bits per heavy atom. The molecule has 174 valence electrons. The zero-order valence-electron chi connectivity index (χ0n) is 19.1. The van der Waals surface area contributed by atoms with Crippen molar-refractivity contribution < 1.29 is 19.4 Å². The van der Waals surface area contributed by atoms with Gasteiger partial charge in [-0.1, -0.05) is 0 Å². The van der Waals surface area contributed by atoms with Gasteiger partial charge in [0.05, 0.1) is 6.42 Å². The number of nitrogens with zero attached hydrogens (tertiary/aromatic N) is 4. The molecular weight excluding hydrogens is 386 g/mol. The number of carboxylic acid groups (broad SMARTS) is 1. The minimum Gasteiger partial charge on any atom is -0.481 e. The van der Waals surface area contributed by atoms with E-state index in [1.54, 1.807) is 0 Å². The van der Waals surface area contributed by atoms with Crippen molar-refractivity contribution >= 4 is 12.1 Å². The number of carbonyl (C=O) groups excluding carboxylic acids is 1. The number of rotatable bonds is 10. The second-order valence-corrected chi connectivity index (χ2v) is 9.29. The Hall–Kier alpha value is -1.42. The van der Waals surface area contributed by atoms with Gasteiger partial charge in [0.25, 0.3) is 0 Å². The molecule has 2 aliphatic rings. The molecule has 0 aliphatic carbocycles. The first-order valence-electron chi connectivity index (χ1n) is 11.3. The van der Waals surface area contributed by atoms with Gasteiger partial charge in [-0.3, -0.25) is 14.6 Å². The maximum Gasteiger partial charge on any atom is 0.407 e. The number of hydrogen-bond acceptors (Lipinski definition) is 7. The molecule has 0 aromatic carbocycles. The zero-order chi connectivity index (χ0) is 22.0. The third kappa shape index (κ3) is 10.6. The lowest BCUT2D eigenvalue weighted by molar-refractivity contribution is -0.137. The Bertz CT molecular complexity index is 524. The van der Waals surface area contributed by atoms with Crippen molar-refractivity contribution in [3.63, 3.8) is 0 Å². The van der Waals surface area contributed by atoms with E-state index in [2.05, 4.69) is 24.9 Å². The van der Waals surface area contributed by atoms with Crippen molar-refractivity contribution in [1.29, 1.82) is 0 Å². The number of aliphatic carboxylic acids is 1. The number of nitrogens with one attached hydrogen (secondary N) is 1. The standard InChI is InChI=1S/C21H41N5O4/c1-21(2,3)30-20(29)22-6-4-7-23-9-13-25(14-10-23)17-18-26-15-11-24(12-16-26)8-5-19(27)28/h4-18H2,1-3H3,(H,22,29)(H,27,28). The Morgan fingerprint density at radius 2 is 1.23 bits per heavy atom. The van der Waals surface area contributed by atoms with Crippen LogP contribution in [0, 0.1) is 0 Å². The molecule has 2 fully saturated rings. The molecule has 2 N–H and O–H groups in total. The zero-order valence-corrected chi connectivity index (χ0v) is 19.1. The number of amides is 1. The molecule has 0 bridgehead atoms. The van der Waals surface area contributed by atoms with Gasteiger partial charge in [0.1, 0.15) is 5.60 Å². The Morgan fingerprint density at radius 1 is 0.800 bits per heavy atom. The number of carboxylic acids is 1. The van der Waals surface area contributed by atoms with Gasteiger partial charge in [0.15, 0.2) is 0 Å². The van der Waals surface area contributed by atoms with Crippen molar-refractivity contribution in [2.45, 2.75) is 39.2 Å². The van der Waals surface area contributed by atoms with E-state index in [0.717, 1.165) is 78.4 Å². The summed E-state index contributed by atoms with van der Waals surface area (Å²) in [5.74, 6) is -0.712. The third-order valence-electron chi connectivity index (χ3n) is 5.62. The van der Waals surface area contributed by atoms with Crippen molar-refractivity contribution in [2.75, 3.05) is 85.1 Å². The lowest BCUT2D eigenvalue weighted by Crippen LogP contribution is -2.51. The molecular formula is C21H41N5O4. The second kappa shape index (κ2) is 12.4. The van der Waals surface area contributed by atoms with E-state index in [0.29, 0.717) is 13.1 Å². The van der Waals surface area contributed by atoms with Crippen LogP contribution in [0.4, 0.5) is 4.79 Å². The molecule has 2 aliphatic heterocycles. The molecule has 0 aromatic heterocycles. The lowest BCUT2D eigenvalue weighted by atomic mass is 10.2. The van der Waals surface area contributed by atoms with Crippen LogP contribution < -0.4 is 5.32 Å². The summed E-state index contributed by atoms with van der Waals surface area (Å²) in [5, 5.41) is 11.6. The van der Waals surface area contributed by atoms with E-state index in [4.69, 9.17) is 9.84 Å². The normalized spacial score (nSPS) is 20.2. The summed E-state index contributed by atoms with van der Waals surface area (Å²) in [6.07, 6.45) is 0.835. The first kappa shape index (κ1) is 24.8. The molecule has 0 unspecified atom stereocenters. The van der Waals surface area contributed by atoms with Gasteiger partial charge in [-0.25, -0.2) is 4.79 Å². The molecule has 1 amide bonds. The van der Waals surface area contributed by atoms with Crippen LogP contribution in [-0.2, 0) is 9.53 Å². The number of alkyl carbamates (subject to hydrolysis) is 1. The number of ether oxygens (including phenoxy) is 1. The Kier molecular flexibility index (Phi) is 10.3. The van der Waals surface area contributed by atoms with Crippen LogP contribution in [0.25, 0.3) is 0 Å².